The quantitative estimate of drug-likeness (QED) is 0.816. The van der Waals surface area contributed by atoms with Gasteiger partial charge in [0.05, 0.1) is 6.04 Å². The number of pyridine rings is 1. The molecule has 1 unspecified atom stereocenters. The third-order valence-corrected chi connectivity index (χ3v) is 3.47. The molecule has 0 bridgehead atoms. The van der Waals surface area contributed by atoms with Crippen LogP contribution < -0.4 is 11.1 Å². The fraction of sp³-hybridized carbons (Fsp3) is 0.615. The summed E-state index contributed by atoms with van der Waals surface area (Å²) in [5.74, 6) is 0. The zero-order chi connectivity index (χ0) is 13.1. The second-order valence-electron chi connectivity index (χ2n) is 5.04. The first-order chi connectivity index (χ1) is 7.91. The molecule has 0 fully saturated rings. The summed E-state index contributed by atoms with van der Waals surface area (Å²) in [6.07, 6.45) is 3.58. The summed E-state index contributed by atoms with van der Waals surface area (Å²) in [4.78, 5) is 6.38. The van der Waals surface area contributed by atoms with Crippen LogP contribution in [0.3, 0.4) is 0 Å². The highest BCUT2D eigenvalue weighted by molar-refractivity contribution is 5.47. The van der Waals surface area contributed by atoms with Gasteiger partial charge in [-0.25, -0.2) is 0 Å². The third-order valence-electron chi connectivity index (χ3n) is 3.47. The van der Waals surface area contributed by atoms with Crippen LogP contribution in [0, 0.1) is 0 Å². The molecule has 17 heavy (non-hydrogen) atoms. The summed E-state index contributed by atoms with van der Waals surface area (Å²) in [5, 5.41) is 3.50. The lowest BCUT2D eigenvalue weighted by Gasteiger charge is -2.41. The van der Waals surface area contributed by atoms with Crippen LogP contribution in [0.1, 0.15) is 32.4 Å². The molecule has 0 saturated heterocycles. The summed E-state index contributed by atoms with van der Waals surface area (Å²) in [5.41, 5.74) is 7.87. The zero-order valence-corrected chi connectivity index (χ0v) is 11.5. The number of nitrogen functional groups attached to an aromatic ring is 1. The van der Waals surface area contributed by atoms with E-state index in [1.54, 1.807) is 6.20 Å². The number of aromatic nitrogens is 1. The second-order valence-corrected chi connectivity index (χ2v) is 5.04. The number of likely N-dealkylation sites (N-methyl/N-ethyl adjacent to an activating group) is 2. The highest BCUT2D eigenvalue weighted by Gasteiger charge is 2.33. The van der Waals surface area contributed by atoms with Crippen LogP contribution in [0.15, 0.2) is 18.5 Å². The molecule has 1 heterocycles. The van der Waals surface area contributed by atoms with Crippen LogP contribution in [0.4, 0.5) is 5.69 Å². The molecule has 0 aliphatic rings. The minimum absolute atomic E-state index is 0.0346. The molecule has 4 nitrogen and oxygen atoms in total. The Morgan fingerprint density at radius 2 is 2.12 bits per heavy atom. The van der Waals surface area contributed by atoms with E-state index >= 15 is 0 Å². The molecule has 1 atom stereocenters. The van der Waals surface area contributed by atoms with Gasteiger partial charge in [-0.3, -0.25) is 4.98 Å². The van der Waals surface area contributed by atoms with Crippen molar-refractivity contribution in [2.75, 3.05) is 26.4 Å². The lowest BCUT2D eigenvalue weighted by atomic mass is 9.87. The Morgan fingerprint density at radius 1 is 1.47 bits per heavy atom. The van der Waals surface area contributed by atoms with Gasteiger partial charge in [0.2, 0.25) is 0 Å². The fourth-order valence-corrected chi connectivity index (χ4v) is 1.86. The summed E-state index contributed by atoms with van der Waals surface area (Å²) >= 11 is 0. The van der Waals surface area contributed by atoms with Gasteiger partial charge in [0.15, 0.2) is 0 Å². The molecule has 0 saturated carbocycles. The highest BCUT2D eigenvalue weighted by Crippen LogP contribution is 2.31. The molecule has 3 N–H and O–H groups in total. The first-order valence-electron chi connectivity index (χ1n) is 6.01. The Balaban J connectivity index is 3.14. The van der Waals surface area contributed by atoms with Gasteiger partial charge >= 0.3 is 0 Å². The Labute approximate surface area is 104 Å². The monoisotopic (exact) mass is 236 g/mol. The van der Waals surface area contributed by atoms with Crippen molar-refractivity contribution in [2.45, 2.75) is 32.4 Å². The maximum Gasteiger partial charge on any atom is 0.0537 e. The van der Waals surface area contributed by atoms with Gasteiger partial charge in [-0.05, 0) is 40.6 Å². The first-order valence-corrected chi connectivity index (χ1v) is 6.01. The number of nitrogens with one attached hydrogen (secondary N) is 1. The fourth-order valence-electron chi connectivity index (χ4n) is 1.86. The normalized spacial score (nSPS) is 14.0. The molecular formula is C13H24N4. The van der Waals surface area contributed by atoms with Crippen molar-refractivity contribution in [3.05, 3.63) is 24.0 Å². The van der Waals surface area contributed by atoms with Gasteiger partial charge in [-0.2, -0.15) is 0 Å². The largest absolute Gasteiger partial charge is 0.398 e. The standard InChI is InChI=1S/C13H24N4/c1-6-16-12(13(2,3)17(4)5)10-9-15-8-7-11(10)14/h7-9,12,16H,6H2,1-5H3,(H2,14,15). The van der Waals surface area contributed by atoms with Crippen LogP contribution in [-0.4, -0.2) is 36.1 Å². The van der Waals surface area contributed by atoms with E-state index in [9.17, 15) is 0 Å². The van der Waals surface area contributed by atoms with Gasteiger partial charge < -0.3 is 16.0 Å². The second kappa shape index (κ2) is 5.47. The van der Waals surface area contributed by atoms with Crippen LogP contribution >= 0.6 is 0 Å². The number of anilines is 1. The molecule has 0 aliphatic heterocycles. The summed E-state index contributed by atoms with van der Waals surface area (Å²) in [6.45, 7) is 7.40. The minimum atomic E-state index is -0.0346. The van der Waals surface area contributed by atoms with Crippen LogP contribution in [-0.2, 0) is 0 Å². The lowest BCUT2D eigenvalue weighted by molar-refractivity contribution is 0.139. The number of hydrogen-bond donors (Lipinski definition) is 2. The average molecular weight is 236 g/mol. The molecule has 0 radical (unpaired) electrons. The molecule has 0 amide bonds. The van der Waals surface area contributed by atoms with E-state index in [1.165, 1.54) is 0 Å². The van der Waals surface area contributed by atoms with E-state index in [-0.39, 0.29) is 11.6 Å². The van der Waals surface area contributed by atoms with Crippen molar-refractivity contribution in [1.82, 2.24) is 15.2 Å². The maximum absolute atomic E-state index is 6.05. The van der Waals surface area contributed by atoms with Gasteiger partial charge in [0, 0.05) is 29.2 Å². The third kappa shape index (κ3) is 2.96. The zero-order valence-electron chi connectivity index (χ0n) is 11.5. The molecule has 1 rings (SSSR count). The number of nitrogens with zero attached hydrogens (tertiary/aromatic N) is 2. The Hall–Kier alpha value is -1.13. The van der Waals surface area contributed by atoms with Gasteiger partial charge in [-0.15, -0.1) is 0 Å². The van der Waals surface area contributed by atoms with Crippen LogP contribution in [0.2, 0.25) is 0 Å². The Kier molecular flexibility index (Phi) is 4.48. The van der Waals surface area contributed by atoms with Crippen molar-refractivity contribution in [3.8, 4) is 0 Å². The number of nitrogens with two attached hydrogens (primary N) is 1. The summed E-state index contributed by atoms with van der Waals surface area (Å²) in [7, 11) is 4.16. The van der Waals surface area contributed by atoms with Crippen molar-refractivity contribution >= 4 is 5.69 Å². The van der Waals surface area contributed by atoms with Gasteiger partial charge in [0.25, 0.3) is 0 Å². The van der Waals surface area contributed by atoms with E-state index in [2.05, 4.69) is 50.1 Å². The molecule has 4 heteroatoms. The predicted molar refractivity (Wildman–Crippen MR) is 72.8 cm³/mol. The average Bonchev–Trinajstić information content (AvgIpc) is 2.26. The van der Waals surface area contributed by atoms with Crippen molar-refractivity contribution < 1.29 is 0 Å². The Morgan fingerprint density at radius 3 is 2.59 bits per heavy atom. The molecule has 0 aromatic carbocycles. The molecule has 1 aromatic rings. The smallest absolute Gasteiger partial charge is 0.0537 e. The number of rotatable bonds is 5. The van der Waals surface area contributed by atoms with Crippen LogP contribution in [0.5, 0.6) is 0 Å². The highest BCUT2D eigenvalue weighted by atomic mass is 15.2. The minimum Gasteiger partial charge on any atom is -0.398 e. The van der Waals surface area contributed by atoms with E-state index < -0.39 is 0 Å². The maximum atomic E-state index is 6.05. The van der Waals surface area contributed by atoms with E-state index in [0.717, 1.165) is 17.8 Å². The molecular weight excluding hydrogens is 212 g/mol. The number of hydrogen-bond acceptors (Lipinski definition) is 4. The molecule has 1 aromatic heterocycles. The Bertz CT molecular complexity index is 360. The lowest BCUT2D eigenvalue weighted by Crippen LogP contribution is -2.49. The molecule has 0 spiro atoms. The summed E-state index contributed by atoms with van der Waals surface area (Å²) in [6, 6.07) is 2.02. The first kappa shape index (κ1) is 13.9. The van der Waals surface area contributed by atoms with Crippen molar-refractivity contribution in [3.63, 3.8) is 0 Å². The van der Waals surface area contributed by atoms with Crippen molar-refractivity contribution in [2.24, 2.45) is 0 Å². The SMILES string of the molecule is CCNC(c1cnccc1N)C(C)(C)N(C)C. The summed E-state index contributed by atoms with van der Waals surface area (Å²) < 4.78 is 0. The van der Waals surface area contributed by atoms with Crippen molar-refractivity contribution in [1.29, 1.82) is 0 Å². The molecule has 0 aliphatic carbocycles. The van der Waals surface area contributed by atoms with E-state index in [0.29, 0.717) is 0 Å². The van der Waals surface area contributed by atoms with E-state index in [1.807, 2.05) is 12.3 Å². The topological polar surface area (TPSA) is 54.2 Å². The van der Waals surface area contributed by atoms with Gasteiger partial charge in [-0.1, -0.05) is 6.92 Å². The van der Waals surface area contributed by atoms with E-state index in [4.69, 9.17) is 5.73 Å². The van der Waals surface area contributed by atoms with Crippen LogP contribution in [0.25, 0.3) is 0 Å². The molecule has 96 valence electrons. The predicted octanol–water partition coefficient (Wildman–Crippen LogP) is 1.65. The van der Waals surface area contributed by atoms with Gasteiger partial charge in [0.1, 0.15) is 0 Å².